The summed E-state index contributed by atoms with van der Waals surface area (Å²) in [6.45, 7) is 1.99. The van der Waals surface area contributed by atoms with Crippen molar-refractivity contribution < 1.29 is 18.3 Å². The largest absolute Gasteiger partial charge is 0.493 e. The van der Waals surface area contributed by atoms with Crippen LogP contribution in [0, 0.1) is 11.6 Å². The Balaban J connectivity index is 2.40. The summed E-state index contributed by atoms with van der Waals surface area (Å²) in [7, 11) is 1.47. The van der Waals surface area contributed by atoms with Crippen LogP contribution in [0.5, 0.6) is 17.2 Å². The molecule has 0 amide bonds. The minimum Gasteiger partial charge on any atom is -0.493 e. The quantitative estimate of drug-likeness (QED) is 0.863. The lowest BCUT2D eigenvalue weighted by Gasteiger charge is -2.13. The lowest BCUT2D eigenvalue weighted by atomic mass is 10.1. The molecule has 0 heterocycles. The van der Waals surface area contributed by atoms with E-state index in [4.69, 9.17) is 15.2 Å². The lowest BCUT2D eigenvalue weighted by molar-refractivity contribution is 0.359. The van der Waals surface area contributed by atoms with Gasteiger partial charge in [-0.15, -0.1) is 0 Å². The van der Waals surface area contributed by atoms with Crippen molar-refractivity contribution in [3.63, 3.8) is 0 Å². The van der Waals surface area contributed by atoms with Crippen molar-refractivity contribution in [2.45, 2.75) is 13.3 Å². The molecule has 3 nitrogen and oxygen atoms in total. The zero-order valence-electron chi connectivity index (χ0n) is 11.2. The molecule has 0 aromatic heterocycles. The van der Waals surface area contributed by atoms with Crippen molar-refractivity contribution >= 4 is 5.69 Å². The number of anilines is 1. The molecule has 0 saturated carbocycles. The Labute approximate surface area is 115 Å². The van der Waals surface area contributed by atoms with E-state index in [9.17, 15) is 8.78 Å². The van der Waals surface area contributed by atoms with Crippen LogP contribution in [-0.4, -0.2) is 7.11 Å². The summed E-state index contributed by atoms with van der Waals surface area (Å²) in [6, 6.07) is 7.21. The van der Waals surface area contributed by atoms with E-state index in [-0.39, 0.29) is 11.4 Å². The minimum absolute atomic E-state index is 0.000598. The number of hydrogen-bond acceptors (Lipinski definition) is 3. The standard InChI is InChI=1S/C15H15F2NO2/c1-3-9-4-5-13(14(6-9)19-2)20-15-11(16)7-10(18)8-12(15)17/h4-8H,3,18H2,1-2H3. The summed E-state index contributed by atoms with van der Waals surface area (Å²) in [6.07, 6.45) is 0.821. The molecule has 0 fully saturated rings. The van der Waals surface area contributed by atoms with Crippen LogP contribution in [0.4, 0.5) is 14.5 Å². The van der Waals surface area contributed by atoms with Crippen LogP contribution in [0.3, 0.4) is 0 Å². The van der Waals surface area contributed by atoms with Gasteiger partial charge in [0.1, 0.15) is 0 Å². The van der Waals surface area contributed by atoms with Gasteiger partial charge in [-0.3, -0.25) is 0 Å². The smallest absolute Gasteiger partial charge is 0.198 e. The molecular formula is C15H15F2NO2. The maximum absolute atomic E-state index is 13.7. The van der Waals surface area contributed by atoms with Crippen molar-refractivity contribution in [1.82, 2.24) is 0 Å². The second kappa shape index (κ2) is 5.77. The van der Waals surface area contributed by atoms with Crippen molar-refractivity contribution in [2.24, 2.45) is 0 Å². The van der Waals surface area contributed by atoms with E-state index >= 15 is 0 Å². The van der Waals surface area contributed by atoms with Gasteiger partial charge >= 0.3 is 0 Å². The summed E-state index contributed by atoms with van der Waals surface area (Å²) in [5, 5.41) is 0. The molecule has 0 aliphatic rings. The van der Waals surface area contributed by atoms with E-state index in [1.807, 2.05) is 13.0 Å². The first-order valence-corrected chi connectivity index (χ1v) is 6.14. The van der Waals surface area contributed by atoms with Crippen LogP contribution < -0.4 is 15.2 Å². The highest BCUT2D eigenvalue weighted by Crippen LogP contribution is 2.35. The van der Waals surface area contributed by atoms with Gasteiger partial charge in [-0.2, -0.15) is 0 Å². The first-order chi connectivity index (χ1) is 9.55. The highest BCUT2D eigenvalue weighted by Gasteiger charge is 2.15. The molecule has 0 atom stereocenters. The van der Waals surface area contributed by atoms with E-state index < -0.39 is 17.4 Å². The van der Waals surface area contributed by atoms with Crippen LogP contribution in [0.1, 0.15) is 12.5 Å². The zero-order valence-corrected chi connectivity index (χ0v) is 11.2. The average molecular weight is 279 g/mol. The number of benzene rings is 2. The van der Waals surface area contributed by atoms with E-state index in [0.29, 0.717) is 5.75 Å². The number of nitrogen functional groups attached to an aromatic ring is 1. The third-order valence-corrected chi connectivity index (χ3v) is 2.87. The van der Waals surface area contributed by atoms with Crippen LogP contribution >= 0.6 is 0 Å². The second-order valence-electron chi connectivity index (χ2n) is 4.25. The number of nitrogens with two attached hydrogens (primary N) is 1. The third-order valence-electron chi connectivity index (χ3n) is 2.87. The van der Waals surface area contributed by atoms with E-state index in [0.717, 1.165) is 24.1 Å². The van der Waals surface area contributed by atoms with Gasteiger partial charge in [0.15, 0.2) is 28.9 Å². The fourth-order valence-electron chi connectivity index (χ4n) is 1.80. The number of rotatable bonds is 4. The van der Waals surface area contributed by atoms with Gasteiger partial charge < -0.3 is 15.2 Å². The fourth-order valence-corrected chi connectivity index (χ4v) is 1.80. The first-order valence-electron chi connectivity index (χ1n) is 6.14. The van der Waals surface area contributed by atoms with Gasteiger partial charge in [0.05, 0.1) is 7.11 Å². The van der Waals surface area contributed by atoms with Crippen molar-refractivity contribution in [1.29, 1.82) is 0 Å². The van der Waals surface area contributed by atoms with Crippen LogP contribution in [0.2, 0.25) is 0 Å². The summed E-state index contributed by atoms with van der Waals surface area (Å²) < 4.78 is 37.8. The minimum atomic E-state index is -0.857. The Morgan fingerprint density at radius 3 is 2.25 bits per heavy atom. The van der Waals surface area contributed by atoms with Crippen molar-refractivity contribution in [2.75, 3.05) is 12.8 Å². The van der Waals surface area contributed by atoms with E-state index in [2.05, 4.69) is 0 Å². The molecule has 2 aromatic carbocycles. The van der Waals surface area contributed by atoms with Gasteiger partial charge in [0, 0.05) is 17.8 Å². The second-order valence-corrected chi connectivity index (χ2v) is 4.25. The molecule has 20 heavy (non-hydrogen) atoms. The average Bonchev–Trinajstić information content (AvgIpc) is 2.42. The van der Waals surface area contributed by atoms with Crippen LogP contribution in [-0.2, 0) is 6.42 Å². The van der Waals surface area contributed by atoms with Gasteiger partial charge in [0.25, 0.3) is 0 Å². The van der Waals surface area contributed by atoms with Crippen molar-refractivity contribution in [3.05, 3.63) is 47.5 Å². The number of ether oxygens (including phenoxy) is 2. The lowest BCUT2D eigenvalue weighted by Crippen LogP contribution is -1.98. The number of halogens is 2. The molecule has 0 bridgehead atoms. The predicted molar refractivity (Wildman–Crippen MR) is 73.2 cm³/mol. The number of hydrogen-bond donors (Lipinski definition) is 1. The van der Waals surface area contributed by atoms with Crippen molar-refractivity contribution in [3.8, 4) is 17.2 Å². The number of aryl methyl sites for hydroxylation is 1. The number of methoxy groups -OCH3 is 1. The van der Waals surface area contributed by atoms with Gasteiger partial charge in [-0.25, -0.2) is 8.78 Å². The zero-order chi connectivity index (χ0) is 14.7. The Kier molecular flexibility index (Phi) is 4.08. The van der Waals surface area contributed by atoms with Gasteiger partial charge in [-0.1, -0.05) is 13.0 Å². The molecule has 0 unspecified atom stereocenters. The van der Waals surface area contributed by atoms with Crippen LogP contribution in [0.15, 0.2) is 30.3 Å². The first kappa shape index (κ1) is 14.1. The highest BCUT2D eigenvalue weighted by molar-refractivity contribution is 5.49. The van der Waals surface area contributed by atoms with Crippen LogP contribution in [0.25, 0.3) is 0 Å². The van der Waals surface area contributed by atoms with E-state index in [1.54, 1.807) is 12.1 Å². The summed E-state index contributed by atoms with van der Waals surface area (Å²) in [5.74, 6) is -1.55. The molecule has 106 valence electrons. The Morgan fingerprint density at radius 2 is 1.70 bits per heavy atom. The topological polar surface area (TPSA) is 44.5 Å². The van der Waals surface area contributed by atoms with E-state index in [1.165, 1.54) is 7.11 Å². The van der Waals surface area contributed by atoms with Gasteiger partial charge in [0.2, 0.25) is 0 Å². The Morgan fingerprint density at radius 1 is 1.05 bits per heavy atom. The molecule has 2 aromatic rings. The SMILES string of the molecule is CCc1ccc(Oc2c(F)cc(N)cc2F)c(OC)c1. The summed E-state index contributed by atoms with van der Waals surface area (Å²) in [5.41, 5.74) is 6.39. The molecule has 0 aliphatic heterocycles. The fraction of sp³-hybridized carbons (Fsp3) is 0.200. The third kappa shape index (κ3) is 2.82. The summed E-state index contributed by atoms with van der Waals surface area (Å²) in [4.78, 5) is 0. The molecule has 0 radical (unpaired) electrons. The normalized spacial score (nSPS) is 10.4. The summed E-state index contributed by atoms with van der Waals surface area (Å²) >= 11 is 0. The van der Waals surface area contributed by atoms with Gasteiger partial charge in [-0.05, 0) is 24.1 Å². The molecular weight excluding hydrogens is 264 g/mol. The monoisotopic (exact) mass is 279 g/mol. The molecule has 2 rings (SSSR count). The predicted octanol–water partition coefficient (Wildman–Crippen LogP) is 3.91. The molecule has 0 spiro atoms. The molecule has 5 heteroatoms. The Hall–Kier alpha value is -2.30. The molecule has 0 saturated heterocycles. The molecule has 2 N–H and O–H groups in total. The maximum atomic E-state index is 13.7. The maximum Gasteiger partial charge on any atom is 0.198 e. The Bertz CT molecular complexity index is 606. The molecule has 0 aliphatic carbocycles. The highest BCUT2D eigenvalue weighted by atomic mass is 19.1.